The number of carbonyl (C=O) groups excluding carboxylic acids is 1. The minimum atomic E-state index is -0.00180. The van der Waals surface area contributed by atoms with Gasteiger partial charge >= 0.3 is 0 Å². The summed E-state index contributed by atoms with van der Waals surface area (Å²) >= 11 is 0. The number of amides is 1. The zero-order valence-corrected chi connectivity index (χ0v) is 11.6. The number of carbonyl (C=O) groups is 1. The Morgan fingerprint density at radius 2 is 2.00 bits per heavy atom. The van der Waals surface area contributed by atoms with E-state index >= 15 is 0 Å². The number of anilines is 1. The normalized spacial score (nSPS) is 10.5. The lowest BCUT2D eigenvalue weighted by Crippen LogP contribution is -2.36. The van der Waals surface area contributed by atoms with Crippen LogP contribution in [0.4, 0.5) is 5.69 Å². The summed E-state index contributed by atoms with van der Waals surface area (Å²) in [4.78, 5) is 14.1. The van der Waals surface area contributed by atoms with Crippen molar-refractivity contribution < 1.29 is 9.53 Å². The number of nitrogens with zero attached hydrogens (tertiary/aromatic N) is 1. The van der Waals surface area contributed by atoms with Crippen molar-refractivity contribution in [2.24, 2.45) is 0 Å². The van der Waals surface area contributed by atoms with Gasteiger partial charge in [-0.25, -0.2) is 0 Å². The van der Waals surface area contributed by atoms with Crippen molar-refractivity contribution in [2.75, 3.05) is 19.9 Å². The van der Waals surface area contributed by atoms with E-state index in [-0.39, 0.29) is 11.9 Å². The van der Waals surface area contributed by atoms with E-state index in [1.807, 2.05) is 7.05 Å². The predicted octanol–water partition coefficient (Wildman–Crippen LogP) is 2.54. The lowest BCUT2D eigenvalue weighted by Gasteiger charge is -2.26. The van der Waals surface area contributed by atoms with Crippen LogP contribution in [0.3, 0.4) is 0 Å². The van der Waals surface area contributed by atoms with E-state index in [4.69, 9.17) is 10.5 Å². The molecule has 0 radical (unpaired) electrons. The largest absolute Gasteiger partial charge is 0.495 e. The molecular formula is C14H22N2O2. The number of nitrogens with two attached hydrogens (primary N) is 1. The molecule has 0 unspecified atom stereocenters. The fourth-order valence-corrected chi connectivity index (χ4v) is 2.07. The van der Waals surface area contributed by atoms with E-state index in [1.165, 1.54) is 0 Å². The molecule has 1 rings (SSSR count). The summed E-state index contributed by atoms with van der Waals surface area (Å²) in [6, 6.07) is 5.40. The maximum Gasteiger partial charge on any atom is 0.253 e. The Balaban J connectivity index is 2.93. The molecule has 0 heterocycles. The first-order chi connectivity index (χ1) is 8.54. The zero-order chi connectivity index (χ0) is 13.7. The maximum absolute atomic E-state index is 12.3. The summed E-state index contributed by atoms with van der Waals surface area (Å²) in [5, 5.41) is 0. The SMILES string of the molecule is CCC(CC)N(C)C(=O)c1ccc(OC)c(N)c1. The Bertz CT molecular complexity index is 414. The first-order valence-corrected chi connectivity index (χ1v) is 6.25. The van der Waals surface area contributed by atoms with Crippen molar-refractivity contribution in [1.29, 1.82) is 0 Å². The molecule has 0 aliphatic carbocycles. The summed E-state index contributed by atoms with van der Waals surface area (Å²) in [5.74, 6) is 0.592. The smallest absolute Gasteiger partial charge is 0.253 e. The van der Waals surface area contributed by atoms with Gasteiger partial charge in [0.25, 0.3) is 5.91 Å². The molecule has 2 N–H and O–H groups in total. The monoisotopic (exact) mass is 250 g/mol. The molecule has 0 saturated carbocycles. The van der Waals surface area contributed by atoms with Crippen molar-refractivity contribution in [1.82, 2.24) is 4.90 Å². The van der Waals surface area contributed by atoms with Gasteiger partial charge in [-0.05, 0) is 31.0 Å². The minimum Gasteiger partial charge on any atom is -0.495 e. The molecule has 0 spiro atoms. The summed E-state index contributed by atoms with van der Waals surface area (Å²) in [5.41, 5.74) is 6.90. The predicted molar refractivity (Wildman–Crippen MR) is 73.9 cm³/mol. The molecule has 1 amide bonds. The van der Waals surface area contributed by atoms with Crippen LogP contribution in [-0.4, -0.2) is 31.0 Å². The highest BCUT2D eigenvalue weighted by atomic mass is 16.5. The average molecular weight is 250 g/mol. The maximum atomic E-state index is 12.3. The number of methoxy groups -OCH3 is 1. The molecule has 0 aliphatic rings. The Morgan fingerprint density at radius 3 is 2.44 bits per heavy atom. The van der Waals surface area contributed by atoms with Gasteiger partial charge in [-0.3, -0.25) is 4.79 Å². The Kier molecular flexibility index (Phi) is 5.01. The second kappa shape index (κ2) is 6.28. The molecular weight excluding hydrogens is 228 g/mol. The lowest BCUT2D eigenvalue weighted by molar-refractivity contribution is 0.0723. The van der Waals surface area contributed by atoms with Crippen LogP contribution in [0.1, 0.15) is 37.0 Å². The van der Waals surface area contributed by atoms with E-state index in [0.29, 0.717) is 17.0 Å². The summed E-state index contributed by atoms with van der Waals surface area (Å²) in [7, 11) is 3.39. The molecule has 1 aromatic rings. The molecule has 0 atom stereocenters. The zero-order valence-electron chi connectivity index (χ0n) is 11.6. The molecule has 18 heavy (non-hydrogen) atoms. The van der Waals surface area contributed by atoms with Gasteiger partial charge in [0.2, 0.25) is 0 Å². The third-order valence-electron chi connectivity index (χ3n) is 3.29. The van der Waals surface area contributed by atoms with Gasteiger partial charge in [0, 0.05) is 18.7 Å². The minimum absolute atomic E-state index is 0.00180. The first-order valence-electron chi connectivity index (χ1n) is 6.25. The number of nitrogen functional groups attached to an aromatic ring is 1. The molecule has 1 aromatic carbocycles. The Morgan fingerprint density at radius 1 is 1.39 bits per heavy atom. The fourth-order valence-electron chi connectivity index (χ4n) is 2.07. The van der Waals surface area contributed by atoms with Gasteiger partial charge in [0.1, 0.15) is 5.75 Å². The number of benzene rings is 1. The van der Waals surface area contributed by atoms with Gasteiger partial charge in [-0.15, -0.1) is 0 Å². The Hall–Kier alpha value is -1.71. The van der Waals surface area contributed by atoms with E-state index < -0.39 is 0 Å². The average Bonchev–Trinajstić information content (AvgIpc) is 2.39. The van der Waals surface area contributed by atoms with Crippen LogP contribution in [0.25, 0.3) is 0 Å². The third kappa shape index (κ3) is 2.94. The first kappa shape index (κ1) is 14.4. The highest BCUT2D eigenvalue weighted by molar-refractivity contribution is 5.95. The van der Waals surface area contributed by atoms with Crippen LogP contribution in [0, 0.1) is 0 Å². The van der Waals surface area contributed by atoms with Gasteiger partial charge in [-0.2, -0.15) is 0 Å². The van der Waals surface area contributed by atoms with Crippen LogP contribution >= 0.6 is 0 Å². The fraction of sp³-hybridized carbons (Fsp3) is 0.500. The second-order valence-corrected chi connectivity index (χ2v) is 4.34. The molecule has 0 aromatic heterocycles. The number of rotatable bonds is 5. The van der Waals surface area contributed by atoms with Crippen LogP contribution in [0.5, 0.6) is 5.75 Å². The van der Waals surface area contributed by atoms with E-state index in [0.717, 1.165) is 12.8 Å². The molecule has 4 heteroatoms. The lowest BCUT2D eigenvalue weighted by atomic mass is 10.1. The highest BCUT2D eigenvalue weighted by Crippen LogP contribution is 2.23. The number of hydrogen-bond acceptors (Lipinski definition) is 3. The summed E-state index contributed by atoms with van der Waals surface area (Å²) < 4.78 is 5.08. The Labute approximate surface area is 109 Å². The highest BCUT2D eigenvalue weighted by Gasteiger charge is 2.18. The van der Waals surface area contributed by atoms with E-state index in [1.54, 1.807) is 30.2 Å². The quantitative estimate of drug-likeness (QED) is 0.817. The van der Waals surface area contributed by atoms with Gasteiger partial charge in [-0.1, -0.05) is 13.8 Å². The van der Waals surface area contributed by atoms with Gasteiger partial charge in [0.15, 0.2) is 0 Å². The molecule has 0 saturated heterocycles. The summed E-state index contributed by atoms with van der Waals surface area (Å²) in [6.45, 7) is 4.17. The van der Waals surface area contributed by atoms with E-state index in [2.05, 4.69) is 13.8 Å². The number of ether oxygens (including phenoxy) is 1. The van der Waals surface area contributed by atoms with Gasteiger partial charge in [0.05, 0.1) is 12.8 Å². The van der Waals surface area contributed by atoms with Gasteiger partial charge < -0.3 is 15.4 Å². The van der Waals surface area contributed by atoms with Crippen LogP contribution in [0.2, 0.25) is 0 Å². The topological polar surface area (TPSA) is 55.6 Å². The van der Waals surface area contributed by atoms with Crippen LogP contribution < -0.4 is 10.5 Å². The second-order valence-electron chi connectivity index (χ2n) is 4.34. The van der Waals surface area contributed by atoms with Crippen LogP contribution in [0.15, 0.2) is 18.2 Å². The van der Waals surface area contributed by atoms with Crippen molar-refractivity contribution in [3.05, 3.63) is 23.8 Å². The number of hydrogen-bond donors (Lipinski definition) is 1. The molecule has 4 nitrogen and oxygen atoms in total. The van der Waals surface area contributed by atoms with Crippen molar-refractivity contribution in [3.8, 4) is 5.75 Å². The van der Waals surface area contributed by atoms with Crippen molar-refractivity contribution >= 4 is 11.6 Å². The van der Waals surface area contributed by atoms with E-state index in [9.17, 15) is 4.79 Å². The molecule has 0 bridgehead atoms. The van der Waals surface area contributed by atoms with Crippen molar-refractivity contribution in [3.63, 3.8) is 0 Å². The third-order valence-corrected chi connectivity index (χ3v) is 3.29. The van der Waals surface area contributed by atoms with Crippen molar-refractivity contribution in [2.45, 2.75) is 32.7 Å². The standard InChI is InChI=1S/C14H22N2O2/c1-5-11(6-2)16(3)14(17)10-7-8-13(18-4)12(15)9-10/h7-9,11H,5-6,15H2,1-4H3. The molecule has 0 fully saturated rings. The molecule has 0 aliphatic heterocycles. The van der Waals surface area contributed by atoms with Crippen LogP contribution in [-0.2, 0) is 0 Å². The molecule has 100 valence electrons. The summed E-state index contributed by atoms with van der Waals surface area (Å²) in [6.07, 6.45) is 1.90.